The van der Waals surface area contributed by atoms with Gasteiger partial charge in [-0.25, -0.2) is 4.98 Å². The lowest BCUT2D eigenvalue weighted by molar-refractivity contribution is 0.0996. The van der Waals surface area contributed by atoms with Crippen molar-refractivity contribution < 1.29 is 4.79 Å². The Morgan fingerprint density at radius 3 is 2.53 bits per heavy atom. The van der Waals surface area contributed by atoms with Crippen LogP contribution in [0.2, 0.25) is 0 Å². The molecule has 0 aliphatic carbocycles. The zero-order valence-electron chi connectivity index (χ0n) is 10.1. The Morgan fingerprint density at radius 1 is 1.21 bits per heavy atom. The van der Waals surface area contributed by atoms with Gasteiger partial charge in [0.05, 0.1) is 5.69 Å². The largest absolute Gasteiger partial charge is 0.396 e. The summed E-state index contributed by atoms with van der Waals surface area (Å²) in [6, 6.07) is 11.0. The Kier molecular flexibility index (Phi) is 4.01. The molecule has 5 N–H and O–H groups in total. The molecule has 0 unspecified atom stereocenters. The van der Waals surface area contributed by atoms with E-state index in [0.717, 1.165) is 10.0 Å². The molecular formula is C13H13BrN4O. The van der Waals surface area contributed by atoms with E-state index < -0.39 is 5.91 Å². The van der Waals surface area contributed by atoms with Gasteiger partial charge in [-0.15, -0.1) is 0 Å². The number of anilines is 2. The number of rotatable bonds is 4. The Hall–Kier alpha value is -2.08. The monoisotopic (exact) mass is 320 g/mol. The smallest absolute Gasteiger partial charge is 0.267 e. The number of primary amides is 1. The van der Waals surface area contributed by atoms with Gasteiger partial charge < -0.3 is 16.8 Å². The molecule has 0 aliphatic heterocycles. The number of hydrogen-bond donors (Lipinski definition) is 3. The van der Waals surface area contributed by atoms with E-state index in [1.807, 2.05) is 24.3 Å². The van der Waals surface area contributed by atoms with Gasteiger partial charge in [0.15, 0.2) is 0 Å². The minimum Gasteiger partial charge on any atom is -0.396 e. The highest BCUT2D eigenvalue weighted by Crippen LogP contribution is 2.17. The highest BCUT2D eigenvalue weighted by atomic mass is 79.9. The van der Waals surface area contributed by atoms with E-state index in [0.29, 0.717) is 18.1 Å². The van der Waals surface area contributed by atoms with Crippen molar-refractivity contribution in [2.24, 2.45) is 5.73 Å². The van der Waals surface area contributed by atoms with Crippen molar-refractivity contribution in [1.29, 1.82) is 0 Å². The van der Waals surface area contributed by atoms with Crippen LogP contribution in [0.5, 0.6) is 0 Å². The molecule has 19 heavy (non-hydrogen) atoms. The lowest BCUT2D eigenvalue weighted by Crippen LogP contribution is -2.15. The van der Waals surface area contributed by atoms with Crippen LogP contribution in [-0.4, -0.2) is 10.9 Å². The number of halogens is 1. The number of nitrogen functional groups attached to an aromatic ring is 1. The number of amides is 1. The standard InChI is InChI=1S/C13H13BrN4O/c14-9-3-1-8(2-4-9)7-17-13-10(15)5-6-11(18-13)12(16)19/h1-6H,7,15H2,(H2,16,19)(H,17,18). The molecule has 0 aliphatic rings. The fourth-order valence-corrected chi connectivity index (χ4v) is 1.80. The van der Waals surface area contributed by atoms with Crippen molar-refractivity contribution in [3.05, 3.63) is 52.1 Å². The fourth-order valence-electron chi connectivity index (χ4n) is 1.54. The predicted molar refractivity (Wildman–Crippen MR) is 78.6 cm³/mol. The first-order valence-corrected chi connectivity index (χ1v) is 6.40. The topological polar surface area (TPSA) is 94.0 Å². The van der Waals surface area contributed by atoms with Crippen LogP contribution in [0.4, 0.5) is 11.5 Å². The first kappa shape index (κ1) is 13.4. The van der Waals surface area contributed by atoms with Crippen LogP contribution in [-0.2, 0) is 6.54 Å². The summed E-state index contributed by atoms with van der Waals surface area (Å²) >= 11 is 3.37. The summed E-state index contributed by atoms with van der Waals surface area (Å²) in [5.74, 6) is -0.120. The number of aromatic nitrogens is 1. The first-order valence-electron chi connectivity index (χ1n) is 5.61. The second-order valence-corrected chi connectivity index (χ2v) is 4.89. The minimum absolute atomic E-state index is 0.188. The maximum atomic E-state index is 11.1. The first-order chi connectivity index (χ1) is 9.06. The highest BCUT2D eigenvalue weighted by molar-refractivity contribution is 9.10. The summed E-state index contributed by atoms with van der Waals surface area (Å²) < 4.78 is 1.02. The number of pyridine rings is 1. The van der Waals surface area contributed by atoms with Crippen molar-refractivity contribution in [2.45, 2.75) is 6.54 Å². The quantitative estimate of drug-likeness (QED) is 0.804. The predicted octanol–water partition coefficient (Wildman–Crippen LogP) is 2.14. The van der Waals surface area contributed by atoms with E-state index in [9.17, 15) is 4.79 Å². The molecule has 0 bridgehead atoms. The molecular weight excluding hydrogens is 308 g/mol. The Labute approximate surface area is 119 Å². The molecule has 0 saturated carbocycles. The summed E-state index contributed by atoms with van der Waals surface area (Å²) in [5, 5.41) is 3.08. The normalized spacial score (nSPS) is 10.2. The SMILES string of the molecule is NC(=O)c1ccc(N)c(NCc2ccc(Br)cc2)n1. The number of nitrogens with zero attached hydrogens (tertiary/aromatic N) is 1. The number of benzene rings is 1. The van der Waals surface area contributed by atoms with Gasteiger partial charge in [0, 0.05) is 11.0 Å². The molecule has 0 fully saturated rings. The summed E-state index contributed by atoms with van der Waals surface area (Å²) in [6.07, 6.45) is 0. The van der Waals surface area contributed by atoms with E-state index in [4.69, 9.17) is 11.5 Å². The van der Waals surface area contributed by atoms with Gasteiger partial charge >= 0.3 is 0 Å². The van der Waals surface area contributed by atoms with Crippen molar-refractivity contribution in [2.75, 3.05) is 11.1 Å². The van der Waals surface area contributed by atoms with E-state index >= 15 is 0 Å². The van der Waals surface area contributed by atoms with Crippen LogP contribution < -0.4 is 16.8 Å². The van der Waals surface area contributed by atoms with Gasteiger partial charge in [0.2, 0.25) is 0 Å². The molecule has 1 aromatic heterocycles. The molecule has 2 aromatic rings. The van der Waals surface area contributed by atoms with Gasteiger partial charge in [-0.05, 0) is 29.8 Å². The third kappa shape index (κ3) is 3.45. The number of hydrogen-bond acceptors (Lipinski definition) is 4. The van der Waals surface area contributed by atoms with Gasteiger partial charge in [0.25, 0.3) is 5.91 Å². The average molecular weight is 321 g/mol. The molecule has 0 atom stereocenters. The van der Waals surface area contributed by atoms with Crippen molar-refractivity contribution in [3.8, 4) is 0 Å². The summed E-state index contributed by atoms with van der Waals surface area (Å²) in [6.45, 7) is 0.562. The Morgan fingerprint density at radius 2 is 1.89 bits per heavy atom. The molecule has 1 heterocycles. The van der Waals surface area contributed by atoms with Crippen LogP contribution >= 0.6 is 15.9 Å². The number of carbonyl (C=O) groups is 1. The van der Waals surface area contributed by atoms with E-state index in [1.165, 1.54) is 6.07 Å². The fraction of sp³-hybridized carbons (Fsp3) is 0.0769. The molecule has 2 rings (SSSR count). The number of nitrogens with two attached hydrogens (primary N) is 2. The number of nitrogens with one attached hydrogen (secondary N) is 1. The molecule has 6 heteroatoms. The van der Waals surface area contributed by atoms with Gasteiger partial charge in [-0.1, -0.05) is 28.1 Å². The zero-order valence-corrected chi connectivity index (χ0v) is 11.6. The van der Waals surface area contributed by atoms with Crippen molar-refractivity contribution in [1.82, 2.24) is 4.98 Å². The molecule has 1 aromatic carbocycles. The maximum absolute atomic E-state index is 11.1. The van der Waals surface area contributed by atoms with E-state index in [-0.39, 0.29) is 5.69 Å². The minimum atomic E-state index is -0.577. The van der Waals surface area contributed by atoms with Gasteiger partial charge in [0.1, 0.15) is 11.5 Å². The molecule has 0 radical (unpaired) electrons. The zero-order chi connectivity index (χ0) is 13.8. The molecule has 0 saturated heterocycles. The second kappa shape index (κ2) is 5.71. The highest BCUT2D eigenvalue weighted by Gasteiger charge is 2.06. The van der Waals surface area contributed by atoms with Crippen LogP contribution in [0.25, 0.3) is 0 Å². The summed E-state index contributed by atoms with van der Waals surface area (Å²) in [7, 11) is 0. The van der Waals surface area contributed by atoms with Crippen molar-refractivity contribution in [3.63, 3.8) is 0 Å². The lowest BCUT2D eigenvalue weighted by atomic mass is 10.2. The van der Waals surface area contributed by atoms with Crippen LogP contribution in [0.1, 0.15) is 16.1 Å². The van der Waals surface area contributed by atoms with Crippen LogP contribution in [0.15, 0.2) is 40.9 Å². The third-order valence-corrected chi connectivity index (χ3v) is 3.08. The van der Waals surface area contributed by atoms with E-state index in [2.05, 4.69) is 26.2 Å². The lowest BCUT2D eigenvalue weighted by Gasteiger charge is -2.09. The summed E-state index contributed by atoms with van der Waals surface area (Å²) in [5.41, 5.74) is 12.7. The van der Waals surface area contributed by atoms with Crippen LogP contribution in [0, 0.1) is 0 Å². The average Bonchev–Trinajstić information content (AvgIpc) is 2.39. The molecule has 5 nitrogen and oxygen atoms in total. The molecule has 1 amide bonds. The summed E-state index contributed by atoms with van der Waals surface area (Å²) in [4.78, 5) is 15.1. The van der Waals surface area contributed by atoms with Crippen LogP contribution in [0.3, 0.4) is 0 Å². The third-order valence-electron chi connectivity index (χ3n) is 2.55. The number of carbonyl (C=O) groups excluding carboxylic acids is 1. The Balaban J connectivity index is 2.12. The van der Waals surface area contributed by atoms with Gasteiger partial charge in [-0.2, -0.15) is 0 Å². The molecule has 0 spiro atoms. The van der Waals surface area contributed by atoms with Crippen molar-refractivity contribution >= 4 is 33.3 Å². The Bertz CT molecular complexity index is 598. The second-order valence-electron chi connectivity index (χ2n) is 3.98. The molecule has 98 valence electrons. The van der Waals surface area contributed by atoms with Gasteiger partial charge in [-0.3, -0.25) is 4.79 Å². The maximum Gasteiger partial charge on any atom is 0.267 e. The van der Waals surface area contributed by atoms with E-state index in [1.54, 1.807) is 6.07 Å².